The van der Waals surface area contributed by atoms with E-state index in [0.29, 0.717) is 30.0 Å². The van der Waals surface area contributed by atoms with E-state index in [1.807, 2.05) is 6.92 Å². The summed E-state index contributed by atoms with van der Waals surface area (Å²) >= 11 is 0. The van der Waals surface area contributed by atoms with Crippen LogP contribution < -0.4 is 15.4 Å². The van der Waals surface area contributed by atoms with E-state index in [4.69, 9.17) is 10.5 Å². The lowest BCUT2D eigenvalue weighted by atomic mass is 10.0. The zero-order valence-corrected chi connectivity index (χ0v) is 12.7. The molecule has 0 amide bonds. The van der Waals surface area contributed by atoms with E-state index < -0.39 is 0 Å². The number of nitrogens with two attached hydrogens (primary N) is 1. The molecule has 1 aliphatic rings. The maximum absolute atomic E-state index is 13.9. The Morgan fingerprint density at radius 3 is 2.85 bits per heavy atom. The molecule has 3 nitrogen and oxygen atoms in total. The molecule has 2 rings (SSSR count). The molecule has 1 heterocycles. The molecule has 0 saturated carbocycles. The van der Waals surface area contributed by atoms with Crippen molar-refractivity contribution in [2.45, 2.75) is 46.1 Å². The fourth-order valence-corrected chi connectivity index (χ4v) is 2.91. The molecule has 112 valence electrons. The Balaban J connectivity index is 2.30. The molecule has 20 heavy (non-hydrogen) atoms. The summed E-state index contributed by atoms with van der Waals surface area (Å²) in [7, 11) is 0. The molecule has 1 unspecified atom stereocenters. The van der Waals surface area contributed by atoms with Crippen LogP contribution in [0.2, 0.25) is 0 Å². The number of nitrogen functional groups attached to an aromatic ring is 1. The lowest BCUT2D eigenvalue weighted by Gasteiger charge is -2.31. The van der Waals surface area contributed by atoms with E-state index in [9.17, 15) is 4.39 Å². The van der Waals surface area contributed by atoms with Crippen LogP contribution in [0.5, 0.6) is 5.75 Å². The molecule has 0 aliphatic carbocycles. The van der Waals surface area contributed by atoms with Crippen molar-refractivity contribution < 1.29 is 9.13 Å². The summed E-state index contributed by atoms with van der Waals surface area (Å²) in [4.78, 5) is 2.30. The van der Waals surface area contributed by atoms with Gasteiger partial charge in [-0.1, -0.05) is 20.8 Å². The number of nitrogens with zero attached hydrogens (tertiary/aromatic N) is 1. The van der Waals surface area contributed by atoms with Gasteiger partial charge in [-0.15, -0.1) is 0 Å². The minimum absolute atomic E-state index is 0.311. The molecular formula is C16H25FN2O. The molecule has 0 spiro atoms. The number of rotatable bonds is 5. The Labute approximate surface area is 120 Å². The van der Waals surface area contributed by atoms with Crippen molar-refractivity contribution in [1.29, 1.82) is 0 Å². The van der Waals surface area contributed by atoms with Gasteiger partial charge in [0.15, 0.2) is 11.6 Å². The normalized spacial score (nSPS) is 18.9. The molecule has 1 aromatic rings. The second-order valence-corrected chi connectivity index (χ2v) is 5.84. The van der Waals surface area contributed by atoms with Gasteiger partial charge in [0.05, 0.1) is 18.0 Å². The van der Waals surface area contributed by atoms with Gasteiger partial charge in [0, 0.05) is 24.7 Å². The topological polar surface area (TPSA) is 38.5 Å². The van der Waals surface area contributed by atoms with E-state index in [0.717, 1.165) is 25.1 Å². The highest BCUT2D eigenvalue weighted by Gasteiger charge is 2.29. The smallest absolute Gasteiger partial charge is 0.167 e. The minimum atomic E-state index is -0.375. The number of hydrogen-bond donors (Lipinski definition) is 1. The van der Waals surface area contributed by atoms with Crippen LogP contribution >= 0.6 is 0 Å². The molecule has 2 N–H and O–H groups in total. The van der Waals surface area contributed by atoms with Crippen molar-refractivity contribution in [1.82, 2.24) is 0 Å². The quantitative estimate of drug-likeness (QED) is 0.833. The van der Waals surface area contributed by atoms with Crippen LogP contribution in [0.4, 0.5) is 15.8 Å². The van der Waals surface area contributed by atoms with Crippen LogP contribution in [-0.2, 0) is 0 Å². The van der Waals surface area contributed by atoms with Gasteiger partial charge in [0.25, 0.3) is 0 Å². The Bertz CT molecular complexity index is 462. The van der Waals surface area contributed by atoms with Crippen molar-refractivity contribution >= 4 is 11.4 Å². The monoisotopic (exact) mass is 280 g/mol. The first-order chi connectivity index (χ1) is 9.54. The fraction of sp³-hybridized carbons (Fsp3) is 0.625. The number of benzene rings is 1. The summed E-state index contributed by atoms with van der Waals surface area (Å²) < 4.78 is 19.4. The predicted octanol–water partition coefficient (Wildman–Crippen LogP) is 3.82. The first kappa shape index (κ1) is 14.9. The summed E-state index contributed by atoms with van der Waals surface area (Å²) in [6, 6.07) is 3.62. The third-order valence-electron chi connectivity index (χ3n) is 3.92. The van der Waals surface area contributed by atoms with Crippen molar-refractivity contribution in [3.8, 4) is 5.75 Å². The van der Waals surface area contributed by atoms with Crippen LogP contribution in [0.1, 0.15) is 40.0 Å². The number of anilines is 2. The van der Waals surface area contributed by atoms with Gasteiger partial charge >= 0.3 is 0 Å². The Morgan fingerprint density at radius 2 is 2.20 bits per heavy atom. The van der Waals surface area contributed by atoms with Gasteiger partial charge in [-0.05, 0) is 25.2 Å². The molecule has 0 radical (unpaired) electrons. The third-order valence-corrected chi connectivity index (χ3v) is 3.92. The number of halogens is 1. The average molecular weight is 280 g/mol. The van der Waals surface area contributed by atoms with Crippen molar-refractivity contribution in [2.24, 2.45) is 5.92 Å². The number of hydrogen-bond acceptors (Lipinski definition) is 3. The highest BCUT2D eigenvalue weighted by atomic mass is 19.1. The van der Waals surface area contributed by atoms with Gasteiger partial charge in [-0.2, -0.15) is 0 Å². The van der Waals surface area contributed by atoms with Crippen LogP contribution in [0.25, 0.3) is 0 Å². The molecule has 1 aromatic carbocycles. The van der Waals surface area contributed by atoms with Crippen molar-refractivity contribution in [2.75, 3.05) is 23.8 Å². The largest absolute Gasteiger partial charge is 0.490 e. The van der Waals surface area contributed by atoms with Gasteiger partial charge in [0.1, 0.15) is 0 Å². The summed E-state index contributed by atoms with van der Waals surface area (Å²) in [6.45, 7) is 7.94. The van der Waals surface area contributed by atoms with Gasteiger partial charge in [-0.3, -0.25) is 0 Å². The molecule has 1 fully saturated rings. The van der Waals surface area contributed by atoms with E-state index in [-0.39, 0.29) is 5.82 Å². The van der Waals surface area contributed by atoms with Crippen LogP contribution in [0, 0.1) is 11.7 Å². The Kier molecular flexibility index (Phi) is 4.73. The SMILES string of the molecule is CCCOc1cc(N2CCCC2C(C)C)c(N)cc1F. The third kappa shape index (κ3) is 3.00. The summed E-state index contributed by atoms with van der Waals surface area (Å²) in [6.07, 6.45) is 3.18. The molecular weight excluding hydrogens is 255 g/mol. The van der Waals surface area contributed by atoms with Gasteiger partial charge in [0.2, 0.25) is 0 Å². The maximum Gasteiger partial charge on any atom is 0.167 e. The maximum atomic E-state index is 13.9. The van der Waals surface area contributed by atoms with E-state index in [1.165, 1.54) is 12.5 Å². The van der Waals surface area contributed by atoms with Crippen LogP contribution in [0.3, 0.4) is 0 Å². The standard InChI is InChI=1S/C16H25FN2O/c1-4-8-20-16-10-15(13(18)9-12(16)17)19-7-5-6-14(19)11(2)3/h9-11,14H,4-8,18H2,1-3H3. The lowest BCUT2D eigenvalue weighted by molar-refractivity contribution is 0.301. The van der Waals surface area contributed by atoms with E-state index in [1.54, 1.807) is 6.07 Å². The summed E-state index contributed by atoms with van der Waals surface area (Å²) in [5.74, 6) is 0.493. The van der Waals surface area contributed by atoms with E-state index in [2.05, 4.69) is 18.7 Å². The lowest BCUT2D eigenvalue weighted by Crippen LogP contribution is -2.33. The van der Waals surface area contributed by atoms with Crippen molar-refractivity contribution in [3.63, 3.8) is 0 Å². The zero-order chi connectivity index (χ0) is 14.7. The molecule has 1 saturated heterocycles. The van der Waals surface area contributed by atoms with Crippen LogP contribution in [0.15, 0.2) is 12.1 Å². The molecule has 1 atom stereocenters. The molecule has 0 bridgehead atoms. The predicted molar refractivity (Wildman–Crippen MR) is 81.8 cm³/mol. The minimum Gasteiger partial charge on any atom is -0.490 e. The second kappa shape index (κ2) is 6.33. The Morgan fingerprint density at radius 1 is 1.45 bits per heavy atom. The number of ether oxygens (including phenoxy) is 1. The van der Waals surface area contributed by atoms with Gasteiger partial charge in [-0.25, -0.2) is 4.39 Å². The zero-order valence-electron chi connectivity index (χ0n) is 12.7. The highest BCUT2D eigenvalue weighted by Crippen LogP contribution is 2.37. The first-order valence-electron chi connectivity index (χ1n) is 7.53. The molecule has 1 aliphatic heterocycles. The average Bonchev–Trinajstić information content (AvgIpc) is 2.87. The summed E-state index contributed by atoms with van der Waals surface area (Å²) in [5, 5.41) is 0. The van der Waals surface area contributed by atoms with Crippen molar-refractivity contribution in [3.05, 3.63) is 17.9 Å². The molecule has 0 aromatic heterocycles. The van der Waals surface area contributed by atoms with Gasteiger partial charge < -0.3 is 15.4 Å². The second-order valence-electron chi connectivity index (χ2n) is 5.84. The molecule has 4 heteroatoms. The fourth-order valence-electron chi connectivity index (χ4n) is 2.91. The van der Waals surface area contributed by atoms with E-state index >= 15 is 0 Å². The Hall–Kier alpha value is -1.45. The highest BCUT2D eigenvalue weighted by molar-refractivity contribution is 5.71. The summed E-state index contributed by atoms with van der Waals surface area (Å²) in [5.41, 5.74) is 7.43. The first-order valence-corrected chi connectivity index (χ1v) is 7.53. The van der Waals surface area contributed by atoms with Crippen LogP contribution in [-0.4, -0.2) is 19.2 Å².